The molecule has 0 bridgehead atoms. The molecule has 1 unspecified atom stereocenters. The zero-order chi connectivity index (χ0) is 7.45. The van der Waals surface area contributed by atoms with Gasteiger partial charge in [0.05, 0.1) is 6.61 Å². The molecule has 0 aromatic rings. The molecule has 0 spiro atoms. The quantitative estimate of drug-likeness (QED) is 0.455. The summed E-state index contributed by atoms with van der Waals surface area (Å²) in [7, 11) is 0. The summed E-state index contributed by atoms with van der Waals surface area (Å²) in [6, 6.07) is 0. The van der Waals surface area contributed by atoms with Crippen molar-refractivity contribution in [3.05, 3.63) is 6.42 Å². The van der Waals surface area contributed by atoms with Crippen LogP contribution in [0.2, 0.25) is 0 Å². The molecule has 0 N–H and O–H groups in total. The van der Waals surface area contributed by atoms with Crippen molar-refractivity contribution in [2.45, 2.75) is 37.7 Å². The summed E-state index contributed by atoms with van der Waals surface area (Å²) in [5, 5.41) is -0.380. The summed E-state index contributed by atoms with van der Waals surface area (Å²) in [4.78, 5) is 0. The Labute approximate surface area is 67.7 Å². The van der Waals surface area contributed by atoms with E-state index in [1.165, 1.54) is 12.8 Å². The molecule has 1 radical (unpaired) electrons. The van der Waals surface area contributed by atoms with Gasteiger partial charge in [-0.1, -0.05) is 31.4 Å². The highest BCUT2D eigenvalue weighted by molar-refractivity contribution is 6.24. The molecule has 1 fully saturated rings. The molecule has 1 aliphatic rings. The Kier molecular flexibility index (Phi) is 2.99. The summed E-state index contributed by atoms with van der Waals surface area (Å²) >= 11 is 5.97. The molecule has 0 saturated carbocycles. The second kappa shape index (κ2) is 3.59. The van der Waals surface area contributed by atoms with E-state index in [2.05, 4.69) is 13.3 Å². The van der Waals surface area contributed by atoms with E-state index < -0.39 is 0 Å². The molecule has 1 aliphatic heterocycles. The minimum Gasteiger partial charge on any atom is -0.359 e. The van der Waals surface area contributed by atoms with E-state index in [1.807, 2.05) is 0 Å². The third-order valence-corrected chi connectivity index (χ3v) is 2.24. The predicted molar refractivity (Wildman–Crippen MR) is 43.0 cm³/mol. The first kappa shape index (κ1) is 8.35. The number of unbranched alkanes of at least 4 members (excludes halogenated alkanes) is 2. The van der Waals surface area contributed by atoms with Crippen LogP contribution in [0, 0.1) is 6.42 Å². The number of hydrogen-bond acceptors (Lipinski definition) is 1. The van der Waals surface area contributed by atoms with Crippen molar-refractivity contribution in [3.8, 4) is 0 Å². The molecule has 0 aliphatic carbocycles. The van der Waals surface area contributed by atoms with Crippen LogP contribution in [0.15, 0.2) is 0 Å². The molecule has 59 valence electrons. The average Bonchev–Trinajstić information content (AvgIpc) is 1.85. The van der Waals surface area contributed by atoms with Gasteiger partial charge in [-0.25, -0.2) is 0 Å². The van der Waals surface area contributed by atoms with Gasteiger partial charge in [0, 0.05) is 12.8 Å². The van der Waals surface area contributed by atoms with Crippen molar-refractivity contribution in [2.24, 2.45) is 0 Å². The lowest BCUT2D eigenvalue weighted by molar-refractivity contribution is -0.0643. The Balaban J connectivity index is 2.01. The Morgan fingerprint density at radius 2 is 2.40 bits per heavy atom. The monoisotopic (exact) mass is 161 g/mol. The van der Waals surface area contributed by atoms with Crippen LogP contribution in [-0.4, -0.2) is 11.7 Å². The van der Waals surface area contributed by atoms with Gasteiger partial charge in [0.15, 0.2) is 0 Å². The van der Waals surface area contributed by atoms with Crippen molar-refractivity contribution < 1.29 is 4.74 Å². The van der Waals surface area contributed by atoms with Crippen LogP contribution in [0.4, 0.5) is 0 Å². The van der Waals surface area contributed by atoms with Gasteiger partial charge in [-0.2, -0.15) is 0 Å². The molecule has 0 amide bonds. The molecule has 1 saturated heterocycles. The van der Waals surface area contributed by atoms with Crippen LogP contribution >= 0.6 is 11.6 Å². The summed E-state index contributed by atoms with van der Waals surface area (Å²) in [5.41, 5.74) is 0. The van der Waals surface area contributed by atoms with Crippen molar-refractivity contribution in [1.82, 2.24) is 0 Å². The van der Waals surface area contributed by atoms with Gasteiger partial charge >= 0.3 is 0 Å². The SMILES string of the molecule is CCCC[CH]C1(Cl)CCO1. The van der Waals surface area contributed by atoms with Gasteiger partial charge in [0.2, 0.25) is 0 Å². The van der Waals surface area contributed by atoms with Crippen molar-refractivity contribution in [2.75, 3.05) is 6.61 Å². The Morgan fingerprint density at radius 1 is 1.70 bits per heavy atom. The number of halogens is 1. The van der Waals surface area contributed by atoms with Crippen molar-refractivity contribution >= 4 is 11.6 Å². The summed E-state index contributed by atoms with van der Waals surface area (Å²) in [6.45, 7) is 3.00. The Bertz CT molecular complexity index is 99.4. The topological polar surface area (TPSA) is 9.23 Å². The van der Waals surface area contributed by atoms with Crippen molar-refractivity contribution in [3.63, 3.8) is 0 Å². The molecule has 1 rings (SSSR count). The maximum atomic E-state index is 5.97. The lowest BCUT2D eigenvalue weighted by atomic mass is 10.0. The second-order valence-corrected chi connectivity index (χ2v) is 3.37. The molecular formula is C8H14ClO. The van der Waals surface area contributed by atoms with E-state index in [-0.39, 0.29) is 5.06 Å². The Hall–Kier alpha value is 0.250. The zero-order valence-corrected chi connectivity index (χ0v) is 7.16. The van der Waals surface area contributed by atoms with E-state index in [4.69, 9.17) is 16.3 Å². The lowest BCUT2D eigenvalue weighted by Crippen LogP contribution is -2.38. The van der Waals surface area contributed by atoms with Crippen LogP contribution in [0.3, 0.4) is 0 Å². The number of ether oxygens (including phenoxy) is 1. The maximum Gasteiger partial charge on any atom is 0.147 e. The van der Waals surface area contributed by atoms with Gasteiger partial charge in [-0.3, -0.25) is 0 Å². The first-order valence-corrected chi connectivity index (χ1v) is 4.32. The summed E-state index contributed by atoms with van der Waals surface area (Å²) in [6.07, 6.45) is 6.60. The largest absolute Gasteiger partial charge is 0.359 e. The van der Waals surface area contributed by atoms with E-state index in [9.17, 15) is 0 Å². The van der Waals surface area contributed by atoms with Gasteiger partial charge in [0.25, 0.3) is 0 Å². The lowest BCUT2D eigenvalue weighted by Gasteiger charge is -2.35. The number of alkyl halides is 1. The molecule has 1 heterocycles. The van der Waals surface area contributed by atoms with Crippen LogP contribution in [0.5, 0.6) is 0 Å². The Morgan fingerprint density at radius 3 is 2.80 bits per heavy atom. The molecule has 2 heteroatoms. The van der Waals surface area contributed by atoms with Crippen LogP contribution in [-0.2, 0) is 4.74 Å². The maximum absolute atomic E-state index is 5.97. The van der Waals surface area contributed by atoms with Crippen LogP contribution in [0.1, 0.15) is 32.6 Å². The fourth-order valence-corrected chi connectivity index (χ4v) is 1.24. The van der Waals surface area contributed by atoms with Gasteiger partial charge < -0.3 is 4.74 Å². The first-order valence-electron chi connectivity index (χ1n) is 3.94. The third kappa shape index (κ3) is 2.14. The summed E-state index contributed by atoms with van der Waals surface area (Å²) < 4.78 is 5.17. The second-order valence-electron chi connectivity index (χ2n) is 2.73. The normalized spacial score (nSPS) is 31.8. The van der Waals surface area contributed by atoms with Gasteiger partial charge in [0.1, 0.15) is 5.06 Å². The number of rotatable bonds is 4. The highest BCUT2D eigenvalue weighted by Crippen LogP contribution is 2.34. The number of hydrogen-bond donors (Lipinski definition) is 0. The standard InChI is InChI=1S/C8H14ClO/c1-2-3-4-5-8(9)6-7-10-8/h5H,2-4,6-7H2,1H3. The van der Waals surface area contributed by atoms with E-state index in [0.29, 0.717) is 0 Å². The van der Waals surface area contributed by atoms with Crippen LogP contribution in [0.25, 0.3) is 0 Å². The molecule has 0 aromatic carbocycles. The smallest absolute Gasteiger partial charge is 0.147 e. The fraction of sp³-hybridized carbons (Fsp3) is 0.875. The van der Waals surface area contributed by atoms with E-state index >= 15 is 0 Å². The predicted octanol–water partition coefficient (Wildman–Crippen LogP) is 2.74. The fourth-order valence-electron chi connectivity index (χ4n) is 0.980. The highest BCUT2D eigenvalue weighted by atomic mass is 35.5. The van der Waals surface area contributed by atoms with E-state index in [1.54, 1.807) is 0 Å². The zero-order valence-electron chi connectivity index (χ0n) is 6.40. The molecule has 1 nitrogen and oxygen atoms in total. The molecule has 10 heavy (non-hydrogen) atoms. The molecule has 0 aromatic heterocycles. The third-order valence-electron chi connectivity index (χ3n) is 1.79. The van der Waals surface area contributed by atoms with Gasteiger partial charge in [-0.05, 0) is 6.42 Å². The van der Waals surface area contributed by atoms with Gasteiger partial charge in [-0.15, -0.1) is 0 Å². The van der Waals surface area contributed by atoms with Crippen molar-refractivity contribution in [1.29, 1.82) is 0 Å². The molecule has 1 atom stereocenters. The van der Waals surface area contributed by atoms with E-state index in [0.717, 1.165) is 19.4 Å². The average molecular weight is 162 g/mol. The molecular weight excluding hydrogens is 148 g/mol. The minimum atomic E-state index is -0.380. The summed E-state index contributed by atoms with van der Waals surface area (Å²) in [5.74, 6) is 0. The minimum absolute atomic E-state index is 0.380. The van der Waals surface area contributed by atoms with Crippen LogP contribution < -0.4 is 0 Å². The first-order chi connectivity index (χ1) is 4.77. The highest BCUT2D eigenvalue weighted by Gasteiger charge is 2.35.